The Hall–Kier alpha value is -0.660. The highest BCUT2D eigenvalue weighted by molar-refractivity contribution is 7.91. The van der Waals surface area contributed by atoms with E-state index in [2.05, 4.69) is 5.32 Å². The van der Waals surface area contributed by atoms with Gasteiger partial charge in [0.25, 0.3) is 0 Å². The molecule has 1 aliphatic heterocycles. The Morgan fingerprint density at radius 3 is 2.76 bits per heavy atom. The molecule has 100 valence electrons. The molecule has 6 nitrogen and oxygen atoms in total. The Morgan fingerprint density at radius 2 is 2.29 bits per heavy atom. The van der Waals surface area contributed by atoms with Gasteiger partial charge in [-0.05, 0) is 13.3 Å². The molecule has 0 saturated carbocycles. The maximum atomic E-state index is 11.6. The summed E-state index contributed by atoms with van der Waals surface area (Å²) in [4.78, 5) is 11.6. The smallest absolute Gasteiger partial charge is 0.222 e. The Bertz CT molecular complexity index is 355. The Kier molecular flexibility index (Phi) is 5.35. The minimum atomic E-state index is -2.96. The van der Waals surface area contributed by atoms with Crippen LogP contribution in [-0.2, 0) is 19.4 Å². The first-order valence-corrected chi connectivity index (χ1v) is 7.60. The Morgan fingerprint density at radius 1 is 1.59 bits per heavy atom. The number of amides is 1. The van der Waals surface area contributed by atoms with Crippen LogP contribution in [-0.4, -0.2) is 51.1 Å². The quantitative estimate of drug-likeness (QED) is 0.644. The van der Waals surface area contributed by atoms with E-state index in [0.717, 1.165) is 0 Å². The van der Waals surface area contributed by atoms with Crippen LogP contribution in [0.25, 0.3) is 0 Å². The van der Waals surface area contributed by atoms with Gasteiger partial charge in [-0.1, -0.05) is 0 Å². The van der Waals surface area contributed by atoms with Crippen molar-refractivity contribution in [2.75, 3.05) is 24.7 Å². The van der Waals surface area contributed by atoms with Crippen LogP contribution in [0.4, 0.5) is 0 Å². The predicted octanol–water partition coefficient (Wildman–Crippen LogP) is -0.956. The summed E-state index contributed by atoms with van der Waals surface area (Å²) >= 11 is 0. The van der Waals surface area contributed by atoms with Crippen molar-refractivity contribution >= 4 is 15.7 Å². The fraction of sp³-hybridized carbons (Fsp3) is 0.900. The maximum absolute atomic E-state index is 11.6. The molecule has 0 bridgehead atoms. The van der Waals surface area contributed by atoms with Crippen molar-refractivity contribution in [3.63, 3.8) is 0 Å². The molecule has 1 heterocycles. The van der Waals surface area contributed by atoms with Gasteiger partial charge in [-0.3, -0.25) is 4.79 Å². The lowest BCUT2D eigenvalue weighted by Crippen LogP contribution is -2.39. The third-order valence-electron chi connectivity index (χ3n) is 2.68. The third kappa shape index (κ3) is 5.01. The molecular formula is C10H20N2O4S. The van der Waals surface area contributed by atoms with E-state index in [1.54, 1.807) is 0 Å². The Labute approximate surface area is 102 Å². The fourth-order valence-corrected chi connectivity index (χ4v) is 3.52. The summed E-state index contributed by atoms with van der Waals surface area (Å²) in [5, 5.41) is 2.70. The van der Waals surface area contributed by atoms with Crippen LogP contribution in [0.3, 0.4) is 0 Å². The zero-order valence-corrected chi connectivity index (χ0v) is 10.8. The number of hydrogen-bond donors (Lipinski definition) is 2. The van der Waals surface area contributed by atoms with E-state index < -0.39 is 9.84 Å². The molecule has 0 radical (unpaired) electrons. The first kappa shape index (κ1) is 14.4. The number of rotatable bonds is 6. The molecule has 0 aromatic rings. The second-order valence-electron chi connectivity index (χ2n) is 4.18. The Balaban J connectivity index is 2.34. The van der Waals surface area contributed by atoms with E-state index in [1.807, 2.05) is 6.92 Å². The van der Waals surface area contributed by atoms with Crippen LogP contribution in [0.1, 0.15) is 19.8 Å². The predicted molar refractivity (Wildman–Crippen MR) is 64.3 cm³/mol. The van der Waals surface area contributed by atoms with Crippen molar-refractivity contribution in [3.8, 4) is 0 Å². The molecular weight excluding hydrogens is 244 g/mol. The molecule has 0 aromatic heterocycles. The number of carbonyl (C=O) groups is 1. The van der Waals surface area contributed by atoms with Gasteiger partial charge in [0.15, 0.2) is 9.84 Å². The molecule has 3 N–H and O–H groups in total. The van der Waals surface area contributed by atoms with Crippen molar-refractivity contribution < 1.29 is 17.9 Å². The van der Waals surface area contributed by atoms with Gasteiger partial charge in [-0.15, -0.1) is 0 Å². The van der Waals surface area contributed by atoms with E-state index in [0.29, 0.717) is 13.0 Å². The summed E-state index contributed by atoms with van der Waals surface area (Å²) in [6.45, 7) is 2.63. The first-order chi connectivity index (χ1) is 7.96. The normalized spacial score (nSPS) is 24.5. The zero-order chi connectivity index (χ0) is 12.9. The minimum absolute atomic E-state index is 0.0423. The first-order valence-electron chi connectivity index (χ1n) is 5.78. The lowest BCUT2D eigenvalue weighted by molar-refractivity contribution is -0.124. The molecule has 17 heavy (non-hydrogen) atoms. The molecule has 2 atom stereocenters. The number of sulfone groups is 1. The number of nitrogens with one attached hydrogen (secondary N) is 1. The maximum Gasteiger partial charge on any atom is 0.222 e. The van der Waals surface area contributed by atoms with Crippen molar-refractivity contribution in [3.05, 3.63) is 0 Å². The van der Waals surface area contributed by atoms with Gasteiger partial charge < -0.3 is 15.8 Å². The topological polar surface area (TPSA) is 98.5 Å². The SMILES string of the molecule is CCOC(CN)CC(=O)NC1CCS(=O)(=O)C1. The fourth-order valence-electron chi connectivity index (χ4n) is 1.85. The monoisotopic (exact) mass is 264 g/mol. The van der Waals surface area contributed by atoms with E-state index in [9.17, 15) is 13.2 Å². The van der Waals surface area contributed by atoms with Gasteiger partial charge >= 0.3 is 0 Å². The lowest BCUT2D eigenvalue weighted by Gasteiger charge is -2.16. The van der Waals surface area contributed by atoms with Gasteiger partial charge in [0, 0.05) is 19.2 Å². The third-order valence-corrected chi connectivity index (χ3v) is 4.44. The summed E-state index contributed by atoms with van der Waals surface area (Å²) in [5.41, 5.74) is 5.46. The summed E-state index contributed by atoms with van der Waals surface area (Å²) in [5.74, 6) is 0.000652. The van der Waals surface area contributed by atoms with Gasteiger partial charge in [-0.2, -0.15) is 0 Å². The van der Waals surface area contributed by atoms with Crippen molar-refractivity contribution in [1.29, 1.82) is 0 Å². The second kappa shape index (κ2) is 6.32. The van der Waals surface area contributed by atoms with Gasteiger partial charge in [-0.25, -0.2) is 8.42 Å². The number of hydrogen-bond acceptors (Lipinski definition) is 5. The average molecular weight is 264 g/mol. The molecule has 7 heteroatoms. The van der Waals surface area contributed by atoms with Gasteiger partial charge in [0.1, 0.15) is 0 Å². The molecule has 0 aliphatic carbocycles. The van der Waals surface area contributed by atoms with Crippen LogP contribution in [0.5, 0.6) is 0 Å². The summed E-state index contributed by atoms with van der Waals surface area (Å²) < 4.78 is 27.7. The van der Waals surface area contributed by atoms with E-state index in [1.165, 1.54) is 0 Å². The van der Waals surface area contributed by atoms with Gasteiger partial charge in [0.05, 0.1) is 24.0 Å². The molecule has 1 saturated heterocycles. The minimum Gasteiger partial charge on any atom is -0.377 e. The second-order valence-corrected chi connectivity index (χ2v) is 6.41. The molecule has 0 aromatic carbocycles. The summed E-state index contributed by atoms with van der Waals surface area (Å²) in [6.07, 6.45) is 0.384. The summed E-state index contributed by atoms with van der Waals surface area (Å²) in [6, 6.07) is -0.257. The van der Waals surface area contributed by atoms with E-state index in [4.69, 9.17) is 10.5 Å². The average Bonchev–Trinajstić information content (AvgIpc) is 2.57. The largest absolute Gasteiger partial charge is 0.377 e. The van der Waals surface area contributed by atoms with Crippen molar-refractivity contribution in [2.45, 2.75) is 31.9 Å². The van der Waals surface area contributed by atoms with Crippen LogP contribution in [0, 0.1) is 0 Å². The molecule has 2 unspecified atom stereocenters. The van der Waals surface area contributed by atoms with Crippen LogP contribution in [0.2, 0.25) is 0 Å². The molecule has 1 aliphatic rings. The number of ether oxygens (including phenoxy) is 1. The highest BCUT2D eigenvalue weighted by atomic mass is 32.2. The standard InChI is InChI=1S/C10H20N2O4S/c1-2-16-9(6-11)5-10(13)12-8-3-4-17(14,15)7-8/h8-9H,2-7,11H2,1H3,(H,12,13). The van der Waals surface area contributed by atoms with Gasteiger partial charge in [0.2, 0.25) is 5.91 Å². The number of carbonyl (C=O) groups excluding carboxylic acids is 1. The van der Waals surface area contributed by atoms with Crippen molar-refractivity contribution in [1.82, 2.24) is 5.32 Å². The summed E-state index contributed by atoms with van der Waals surface area (Å²) in [7, 11) is -2.96. The van der Waals surface area contributed by atoms with E-state index >= 15 is 0 Å². The lowest BCUT2D eigenvalue weighted by atomic mass is 10.2. The van der Waals surface area contributed by atoms with Crippen molar-refractivity contribution in [2.24, 2.45) is 5.73 Å². The van der Waals surface area contributed by atoms with E-state index in [-0.39, 0.29) is 42.5 Å². The molecule has 0 spiro atoms. The molecule has 1 rings (SSSR count). The number of nitrogens with two attached hydrogens (primary N) is 1. The van der Waals surface area contributed by atoms with Crippen LogP contribution >= 0.6 is 0 Å². The zero-order valence-electron chi connectivity index (χ0n) is 10.0. The molecule has 1 amide bonds. The van der Waals surface area contributed by atoms with Crippen LogP contribution in [0.15, 0.2) is 0 Å². The molecule has 1 fully saturated rings. The highest BCUT2D eigenvalue weighted by Gasteiger charge is 2.29. The highest BCUT2D eigenvalue weighted by Crippen LogP contribution is 2.11. The van der Waals surface area contributed by atoms with Crippen LogP contribution < -0.4 is 11.1 Å².